The SMILES string of the molecule is Cc1ccc(NCc2ccc(Br)c(F)c2)cc1I. The molecule has 1 nitrogen and oxygen atoms in total. The number of aryl methyl sites for hydroxylation is 1. The molecule has 0 heterocycles. The van der Waals surface area contributed by atoms with Crippen molar-refractivity contribution in [1.82, 2.24) is 0 Å². The van der Waals surface area contributed by atoms with Crippen LogP contribution in [0.1, 0.15) is 11.1 Å². The highest BCUT2D eigenvalue weighted by molar-refractivity contribution is 14.1. The number of halogens is 3. The van der Waals surface area contributed by atoms with Gasteiger partial charge in [0.2, 0.25) is 0 Å². The van der Waals surface area contributed by atoms with Crippen LogP contribution < -0.4 is 5.32 Å². The quantitative estimate of drug-likeness (QED) is 0.681. The number of hydrogen-bond donors (Lipinski definition) is 1. The molecule has 2 aromatic carbocycles. The summed E-state index contributed by atoms with van der Waals surface area (Å²) in [6.45, 7) is 2.69. The third-order valence-corrected chi connectivity index (χ3v) is 4.46. The van der Waals surface area contributed by atoms with Gasteiger partial charge in [-0.15, -0.1) is 0 Å². The first kappa shape index (κ1) is 13.8. The van der Waals surface area contributed by atoms with Gasteiger partial charge in [-0.05, 0) is 80.8 Å². The van der Waals surface area contributed by atoms with Gasteiger partial charge in [-0.25, -0.2) is 4.39 Å². The van der Waals surface area contributed by atoms with Gasteiger partial charge in [0.1, 0.15) is 5.82 Å². The first-order valence-electron chi connectivity index (χ1n) is 5.50. The van der Waals surface area contributed by atoms with Crippen molar-refractivity contribution in [3.05, 3.63) is 61.4 Å². The molecule has 0 atom stereocenters. The van der Waals surface area contributed by atoms with Gasteiger partial charge in [0.05, 0.1) is 4.47 Å². The van der Waals surface area contributed by atoms with Gasteiger partial charge in [-0.3, -0.25) is 0 Å². The van der Waals surface area contributed by atoms with Gasteiger partial charge in [-0.1, -0.05) is 12.1 Å². The van der Waals surface area contributed by atoms with E-state index in [9.17, 15) is 4.39 Å². The van der Waals surface area contributed by atoms with E-state index < -0.39 is 0 Å². The van der Waals surface area contributed by atoms with Crippen molar-refractivity contribution in [3.63, 3.8) is 0 Å². The Hall–Kier alpha value is -0.620. The molecule has 0 aliphatic heterocycles. The summed E-state index contributed by atoms with van der Waals surface area (Å²) >= 11 is 5.45. The molecule has 18 heavy (non-hydrogen) atoms. The minimum atomic E-state index is -0.229. The summed E-state index contributed by atoms with van der Waals surface area (Å²) in [5.41, 5.74) is 3.23. The van der Waals surface area contributed by atoms with Crippen LogP contribution in [0.25, 0.3) is 0 Å². The van der Waals surface area contributed by atoms with E-state index in [1.807, 2.05) is 12.1 Å². The van der Waals surface area contributed by atoms with Crippen LogP contribution in [-0.4, -0.2) is 0 Å². The van der Waals surface area contributed by atoms with Gasteiger partial charge in [0.15, 0.2) is 0 Å². The highest BCUT2D eigenvalue weighted by Crippen LogP contribution is 2.19. The third-order valence-electron chi connectivity index (χ3n) is 2.65. The normalized spacial score (nSPS) is 10.4. The van der Waals surface area contributed by atoms with Crippen LogP contribution in [0.15, 0.2) is 40.9 Å². The fourth-order valence-electron chi connectivity index (χ4n) is 1.56. The van der Waals surface area contributed by atoms with Crippen LogP contribution in [0.5, 0.6) is 0 Å². The minimum Gasteiger partial charge on any atom is -0.381 e. The van der Waals surface area contributed by atoms with Crippen LogP contribution in [0.4, 0.5) is 10.1 Å². The molecule has 0 aromatic heterocycles. The highest BCUT2D eigenvalue weighted by Gasteiger charge is 2.01. The maximum absolute atomic E-state index is 13.3. The standard InChI is InChI=1S/C14H12BrFIN/c1-9-2-4-11(7-14(9)17)18-8-10-3-5-12(15)13(16)6-10/h2-7,18H,8H2,1H3. The molecule has 0 bridgehead atoms. The first-order chi connectivity index (χ1) is 8.56. The van der Waals surface area contributed by atoms with Crippen molar-refractivity contribution in [2.75, 3.05) is 5.32 Å². The number of anilines is 1. The van der Waals surface area contributed by atoms with Crippen molar-refractivity contribution in [3.8, 4) is 0 Å². The van der Waals surface area contributed by atoms with E-state index in [1.165, 1.54) is 15.2 Å². The Labute approximate surface area is 128 Å². The summed E-state index contributed by atoms with van der Waals surface area (Å²) in [4.78, 5) is 0. The van der Waals surface area contributed by atoms with Crippen molar-refractivity contribution in [2.45, 2.75) is 13.5 Å². The van der Waals surface area contributed by atoms with Gasteiger partial charge in [0, 0.05) is 15.8 Å². The van der Waals surface area contributed by atoms with Crippen molar-refractivity contribution in [1.29, 1.82) is 0 Å². The number of rotatable bonds is 3. The van der Waals surface area contributed by atoms with Crippen LogP contribution in [0.2, 0.25) is 0 Å². The molecule has 0 amide bonds. The average molecular weight is 420 g/mol. The molecule has 0 radical (unpaired) electrons. The maximum atomic E-state index is 13.3. The largest absolute Gasteiger partial charge is 0.381 e. The van der Waals surface area contributed by atoms with E-state index in [2.05, 4.69) is 62.9 Å². The Balaban J connectivity index is 2.06. The molecule has 0 saturated heterocycles. The van der Waals surface area contributed by atoms with Crippen molar-refractivity contribution >= 4 is 44.2 Å². The molecule has 0 fully saturated rings. The van der Waals surface area contributed by atoms with Gasteiger partial charge in [0.25, 0.3) is 0 Å². The van der Waals surface area contributed by atoms with Gasteiger partial charge >= 0.3 is 0 Å². The second-order valence-corrected chi connectivity index (χ2v) is 6.08. The molecule has 0 aliphatic carbocycles. The lowest BCUT2D eigenvalue weighted by molar-refractivity contribution is 0.619. The van der Waals surface area contributed by atoms with Gasteiger partial charge < -0.3 is 5.32 Å². The lowest BCUT2D eigenvalue weighted by Gasteiger charge is -2.08. The van der Waals surface area contributed by atoms with E-state index in [0.29, 0.717) is 11.0 Å². The summed E-state index contributed by atoms with van der Waals surface area (Å²) < 4.78 is 15.1. The monoisotopic (exact) mass is 419 g/mol. The summed E-state index contributed by atoms with van der Waals surface area (Å²) in [5, 5.41) is 3.29. The minimum absolute atomic E-state index is 0.229. The molecule has 2 aromatic rings. The second-order valence-electron chi connectivity index (χ2n) is 4.07. The average Bonchev–Trinajstić information content (AvgIpc) is 2.35. The highest BCUT2D eigenvalue weighted by atomic mass is 127. The van der Waals surface area contributed by atoms with E-state index in [0.717, 1.165) is 11.3 Å². The Morgan fingerprint density at radius 2 is 2.00 bits per heavy atom. The van der Waals surface area contributed by atoms with Crippen LogP contribution in [0.3, 0.4) is 0 Å². The number of benzene rings is 2. The maximum Gasteiger partial charge on any atom is 0.137 e. The Morgan fingerprint density at radius 1 is 1.22 bits per heavy atom. The third kappa shape index (κ3) is 3.45. The smallest absolute Gasteiger partial charge is 0.137 e. The Morgan fingerprint density at radius 3 is 2.67 bits per heavy atom. The molecular formula is C14H12BrFIN. The predicted octanol–water partition coefficient (Wildman–Crippen LogP) is 5.11. The van der Waals surface area contributed by atoms with Crippen molar-refractivity contribution in [2.24, 2.45) is 0 Å². The lowest BCUT2D eigenvalue weighted by Crippen LogP contribution is -2.00. The number of hydrogen-bond acceptors (Lipinski definition) is 1. The van der Waals surface area contributed by atoms with Crippen LogP contribution in [-0.2, 0) is 6.54 Å². The zero-order chi connectivity index (χ0) is 13.1. The first-order valence-corrected chi connectivity index (χ1v) is 7.37. The zero-order valence-electron chi connectivity index (χ0n) is 9.81. The molecule has 4 heteroatoms. The van der Waals surface area contributed by atoms with E-state index >= 15 is 0 Å². The Bertz CT molecular complexity index is 520. The Kier molecular flexibility index (Phi) is 4.61. The van der Waals surface area contributed by atoms with E-state index in [1.54, 1.807) is 6.07 Å². The van der Waals surface area contributed by atoms with Crippen molar-refractivity contribution < 1.29 is 4.39 Å². The second kappa shape index (κ2) is 6.02. The molecule has 2 rings (SSSR count). The molecule has 94 valence electrons. The fourth-order valence-corrected chi connectivity index (χ4v) is 2.32. The summed E-state index contributed by atoms with van der Waals surface area (Å²) in [5.74, 6) is -0.229. The van der Waals surface area contributed by atoms with E-state index in [4.69, 9.17) is 0 Å². The fraction of sp³-hybridized carbons (Fsp3) is 0.143. The topological polar surface area (TPSA) is 12.0 Å². The van der Waals surface area contributed by atoms with Crippen LogP contribution >= 0.6 is 38.5 Å². The molecule has 0 aliphatic rings. The zero-order valence-corrected chi connectivity index (χ0v) is 13.5. The molecule has 0 spiro atoms. The number of nitrogens with one attached hydrogen (secondary N) is 1. The van der Waals surface area contributed by atoms with Gasteiger partial charge in [-0.2, -0.15) is 0 Å². The summed E-state index contributed by atoms with van der Waals surface area (Å²) in [7, 11) is 0. The molecular weight excluding hydrogens is 408 g/mol. The molecule has 0 saturated carbocycles. The summed E-state index contributed by atoms with van der Waals surface area (Å²) in [6, 6.07) is 11.4. The summed E-state index contributed by atoms with van der Waals surface area (Å²) in [6.07, 6.45) is 0. The van der Waals surface area contributed by atoms with Crippen LogP contribution in [0, 0.1) is 16.3 Å². The van der Waals surface area contributed by atoms with E-state index in [-0.39, 0.29) is 5.82 Å². The molecule has 0 unspecified atom stereocenters. The predicted molar refractivity (Wildman–Crippen MR) is 85.3 cm³/mol. The lowest BCUT2D eigenvalue weighted by atomic mass is 10.2. The molecule has 1 N–H and O–H groups in total.